The second kappa shape index (κ2) is 6.74. The van der Waals surface area contributed by atoms with E-state index >= 15 is 0 Å². The van der Waals surface area contributed by atoms with Crippen LogP contribution < -0.4 is 5.32 Å². The molecule has 138 valence electrons. The average Bonchev–Trinajstić information content (AvgIpc) is 2.97. The molecule has 1 N–H and O–H groups in total. The standard InChI is InChI=1S/C21H20ClN3O2/c1-12(2)27-20(26)18-13(3)23-21-24-16-9-4-5-10-17(16)25(21)19(18)14-7-6-8-15(22)11-14/h4-12,19H,1-3H3,(H,23,24)/t19-/m0/s1. The molecule has 2 heterocycles. The molecule has 3 aromatic rings. The lowest BCUT2D eigenvalue weighted by molar-refractivity contribution is -0.143. The van der Waals surface area contributed by atoms with Crippen molar-refractivity contribution in [3.8, 4) is 0 Å². The minimum Gasteiger partial charge on any atom is -0.459 e. The number of carbonyl (C=O) groups excluding carboxylic acids is 1. The quantitative estimate of drug-likeness (QED) is 0.653. The van der Waals surface area contributed by atoms with Gasteiger partial charge >= 0.3 is 5.97 Å². The van der Waals surface area contributed by atoms with E-state index in [1.54, 1.807) is 0 Å². The van der Waals surface area contributed by atoms with E-state index in [4.69, 9.17) is 16.3 Å². The summed E-state index contributed by atoms with van der Waals surface area (Å²) in [5.41, 5.74) is 3.99. The molecule has 0 aliphatic carbocycles. The van der Waals surface area contributed by atoms with Crippen LogP contribution in [0.4, 0.5) is 5.95 Å². The van der Waals surface area contributed by atoms with E-state index in [1.807, 2.05) is 73.9 Å². The lowest BCUT2D eigenvalue weighted by atomic mass is 9.95. The number of rotatable bonds is 3. The fourth-order valence-corrected chi connectivity index (χ4v) is 3.70. The highest BCUT2D eigenvalue weighted by Gasteiger charge is 2.35. The molecular weight excluding hydrogens is 362 g/mol. The topological polar surface area (TPSA) is 56.2 Å². The van der Waals surface area contributed by atoms with Crippen molar-refractivity contribution in [1.29, 1.82) is 0 Å². The number of esters is 1. The van der Waals surface area contributed by atoms with Gasteiger partial charge in [-0.15, -0.1) is 0 Å². The molecule has 0 unspecified atom stereocenters. The molecule has 0 spiro atoms. The largest absolute Gasteiger partial charge is 0.459 e. The smallest absolute Gasteiger partial charge is 0.338 e. The Morgan fingerprint density at radius 2 is 2.00 bits per heavy atom. The summed E-state index contributed by atoms with van der Waals surface area (Å²) in [6.07, 6.45) is -0.210. The molecule has 0 bridgehead atoms. The van der Waals surface area contributed by atoms with Crippen LogP contribution in [-0.4, -0.2) is 21.6 Å². The highest BCUT2D eigenvalue weighted by atomic mass is 35.5. The second-order valence-corrected chi connectivity index (χ2v) is 7.31. The van der Waals surface area contributed by atoms with Crippen LogP contribution in [0.25, 0.3) is 11.0 Å². The van der Waals surface area contributed by atoms with E-state index in [1.165, 1.54) is 0 Å². The third kappa shape index (κ3) is 3.08. The van der Waals surface area contributed by atoms with Gasteiger partial charge in [-0.3, -0.25) is 4.57 Å². The summed E-state index contributed by atoms with van der Waals surface area (Å²) in [6, 6.07) is 15.0. The minimum atomic E-state index is -0.376. The number of fused-ring (bicyclic) bond motifs is 3. The third-order valence-corrected chi connectivity index (χ3v) is 4.79. The van der Waals surface area contributed by atoms with Gasteiger partial charge in [0.1, 0.15) is 0 Å². The number of hydrogen-bond donors (Lipinski definition) is 1. The molecule has 0 amide bonds. The molecule has 0 radical (unpaired) electrons. The Morgan fingerprint density at radius 1 is 1.22 bits per heavy atom. The monoisotopic (exact) mass is 381 g/mol. The zero-order chi connectivity index (χ0) is 19.1. The molecule has 0 saturated heterocycles. The number of ether oxygens (including phenoxy) is 1. The van der Waals surface area contributed by atoms with Crippen LogP contribution in [0.3, 0.4) is 0 Å². The van der Waals surface area contributed by atoms with Gasteiger partial charge in [-0.1, -0.05) is 35.9 Å². The number of aromatic nitrogens is 2. The summed E-state index contributed by atoms with van der Waals surface area (Å²) in [7, 11) is 0. The number of para-hydroxylation sites is 2. The molecule has 0 fully saturated rings. The van der Waals surface area contributed by atoms with Gasteiger partial charge in [0, 0.05) is 10.7 Å². The summed E-state index contributed by atoms with van der Waals surface area (Å²) in [5.74, 6) is 0.350. The van der Waals surface area contributed by atoms with Gasteiger partial charge in [0.15, 0.2) is 0 Å². The van der Waals surface area contributed by atoms with Crippen LogP contribution in [0, 0.1) is 0 Å². The van der Waals surface area contributed by atoms with Crippen molar-refractivity contribution in [2.45, 2.75) is 32.9 Å². The van der Waals surface area contributed by atoms with Crippen LogP contribution >= 0.6 is 11.6 Å². The number of nitrogens with one attached hydrogen (secondary N) is 1. The van der Waals surface area contributed by atoms with E-state index in [0.29, 0.717) is 16.5 Å². The first kappa shape index (κ1) is 17.6. The molecule has 1 aliphatic heterocycles. The van der Waals surface area contributed by atoms with Crippen LogP contribution in [0.5, 0.6) is 0 Å². The van der Waals surface area contributed by atoms with Gasteiger partial charge in [-0.2, -0.15) is 0 Å². The Bertz CT molecular complexity index is 1070. The van der Waals surface area contributed by atoms with E-state index in [-0.39, 0.29) is 18.1 Å². The fraction of sp³-hybridized carbons (Fsp3) is 0.238. The number of carbonyl (C=O) groups is 1. The zero-order valence-corrected chi connectivity index (χ0v) is 16.1. The number of allylic oxidation sites excluding steroid dienone is 1. The van der Waals surface area contributed by atoms with E-state index in [0.717, 1.165) is 22.3 Å². The predicted octanol–water partition coefficient (Wildman–Crippen LogP) is 4.93. The second-order valence-electron chi connectivity index (χ2n) is 6.87. The first-order valence-electron chi connectivity index (χ1n) is 8.87. The van der Waals surface area contributed by atoms with Crippen molar-refractivity contribution < 1.29 is 9.53 Å². The SMILES string of the molecule is CC1=C(C(=O)OC(C)C)[C@H](c2cccc(Cl)c2)n2c(nc3ccccc32)N1. The molecule has 2 aromatic carbocycles. The molecule has 27 heavy (non-hydrogen) atoms. The number of hydrogen-bond acceptors (Lipinski definition) is 4. The lowest BCUT2D eigenvalue weighted by Crippen LogP contribution is -2.30. The van der Waals surface area contributed by atoms with Gasteiger partial charge in [0.2, 0.25) is 5.95 Å². The van der Waals surface area contributed by atoms with Crippen LogP contribution in [-0.2, 0) is 9.53 Å². The van der Waals surface area contributed by atoms with Crippen molar-refractivity contribution in [2.24, 2.45) is 0 Å². The molecular formula is C21H20ClN3O2. The maximum Gasteiger partial charge on any atom is 0.338 e. The number of nitrogens with zero attached hydrogens (tertiary/aromatic N) is 2. The highest BCUT2D eigenvalue weighted by molar-refractivity contribution is 6.30. The zero-order valence-electron chi connectivity index (χ0n) is 15.4. The Morgan fingerprint density at radius 3 is 2.74 bits per heavy atom. The molecule has 1 aliphatic rings. The lowest BCUT2D eigenvalue weighted by Gasteiger charge is -2.30. The van der Waals surface area contributed by atoms with Crippen molar-refractivity contribution in [3.63, 3.8) is 0 Å². The summed E-state index contributed by atoms with van der Waals surface area (Å²) in [4.78, 5) is 17.7. The summed E-state index contributed by atoms with van der Waals surface area (Å²) >= 11 is 6.26. The number of imidazole rings is 1. The van der Waals surface area contributed by atoms with Crippen LogP contribution in [0.15, 0.2) is 59.8 Å². The molecule has 4 rings (SSSR count). The molecule has 1 atom stereocenters. The fourth-order valence-electron chi connectivity index (χ4n) is 3.50. The van der Waals surface area contributed by atoms with Crippen LogP contribution in [0.1, 0.15) is 32.4 Å². The minimum absolute atomic E-state index is 0.210. The maximum absolute atomic E-state index is 13.0. The molecule has 0 saturated carbocycles. The normalized spacial score (nSPS) is 16.4. The van der Waals surface area contributed by atoms with Crippen molar-refractivity contribution in [2.75, 3.05) is 5.32 Å². The summed E-state index contributed by atoms with van der Waals surface area (Å²) in [5, 5.41) is 3.88. The van der Waals surface area contributed by atoms with E-state index < -0.39 is 0 Å². The summed E-state index contributed by atoms with van der Waals surface area (Å²) < 4.78 is 7.57. The van der Waals surface area contributed by atoms with Crippen molar-refractivity contribution >= 4 is 34.6 Å². The number of halogens is 1. The first-order chi connectivity index (χ1) is 13.0. The summed E-state index contributed by atoms with van der Waals surface area (Å²) in [6.45, 7) is 5.56. The van der Waals surface area contributed by atoms with Gasteiger partial charge in [0.05, 0.1) is 28.8 Å². The van der Waals surface area contributed by atoms with E-state index in [2.05, 4.69) is 10.3 Å². The highest BCUT2D eigenvalue weighted by Crippen LogP contribution is 2.40. The van der Waals surface area contributed by atoms with Gasteiger partial charge in [0.25, 0.3) is 0 Å². The molecule has 6 heteroatoms. The number of benzene rings is 2. The van der Waals surface area contributed by atoms with Gasteiger partial charge < -0.3 is 10.1 Å². The van der Waals surface area contributed by atoms with E-state index in [9.17, 15) is 4.79 Å². The van der Waals surface area contributed by atoms with Crippen LogP contribution in [0.2, 0.25) is 5.02 Å². The molecule has 5 nitrogen and oxygen atoms in total. The first-order valence-corrected chi connectivity index (χ1v) is 9.24. The Kier molecular flexibility index (Phi) is 4.40. The van der Waals surface area contributed by atoms with Gasteiger partial charge in [-0.05, 0) is 50.6 Å². The predicted molar refractivity (Wildman–Crippen MR) is 107 cm³/mol. The van der Waals surface area contributed by atoms with Crippen molar-refractivity contribution in [3.05, 3.63) is 70.4 Å². The maximum atomic E-state index is 13.0. The Balaban J connectivity index is 1.97. The molecule has 1 aromatic heterocycles. The Hall–Kier alpha value is -2.79. The number of anilines is 1. The third-order valence-electron chi connectivity index (χ3n) is 4.56. The Labute approximate surface area is 162 Å². The van der Waals surface area contributed by atoms with Crippen molar-refractivity contribution in [1.82, 2.24) is 9.55 Å². The average molecular weight is 382 g/mol. The van der Waals surface area contributed by atoms with Gasteiger partial charge in [-0.25, -0.2) is 9.78 Å².